The maximum atomic E-state index is 9.45. The molecule has 88 valence electrons. The Hall–Kier alpha value is -2.03. The first-order valence-electron chi connectivity index (χ1n) is 5.49. The van der Waals surface area contributed by atoms with Gasteiger partial charge in [0.25, 0.3) is 0 Å². The van der Waals surface area contributed by atoms with Crippen molar-refractivity contribution in [3.05, 3.63) is 53.3 Å². The van der Waals surface area contributed by atoms with Crippen molar-refractivity contribution in [2.24, 2.45) is 0 Å². The fourth-order valence-electron chi connectivity index (χ4n) is 1.63. The minimum absolute atomic E-state index is 0.220. The van der Waals surface area contributed by atoms with Gasteiger partial charge in [-0.25, -0.2) is 0 Å². The summed E-state index contributed by atoms with van der Waals surface area (Å²) in [7, 11) is 0. The Morgan fingerprint density at radius 2 is 2.06 bits per heavy atom. The van der Waals surface area contributed by atoms with Crippen LogP contribution >= 0.6 is 0 Å². The quantitative estimate of drug-likeness (QED) is 0.879. The van der Waals surface area contributed by atoms with Crippen molar-refractivity contribution in [1.82, 2.24) is 4.98 Å². The van der Waals surface area contributed by atoms with Gasteiger partial charge in [-0.1, -0.05) is 6.07 Å². The predicted octanol–water partition coefficient (Wildman–Crippen LogP) is 2.98. The number of phenols is 1. The lowest BCUT2D eigenvalue weighted by molar-refractivity contribution is 0.298. The number of pyridine rings is 1. The minimum atomic E-state index is 0.220. The number of hydrogen-bond acceptors (Lipinski definition) is 3. The maximum absolute atomic E-state index is 9.45. The second kappa shape index (κ2) is 4.87. The molecular weight excluding hydrogens is 214 g/mol. The summed E-state index contributed by atoms with van der Waals surface area (Å²) in [5.74, 6) is 0.880. The fourth-order valence-corrected chi connectivity index (χ4v) is 1.63. The van der Waals surface area contributed by atoms with E-state index in [2.05, 4.69) is 4.98 Å². The summed E-state index contributed by atoms with van der Waals surface area (Å²) in [5, 5.41) is 9.45. The molecule has 0 amide bonds. The molecule has 0 atom stereocenters. The number of aromatic nitrogens is 1. The molecule has 1 aromatic heterocycles. The van der Waals surface area contributed by atoms with Crippen molar-refractivity contribution < 1.29 is 9.84 Å². The summed E-state index contributed by atoms with van der Waals surface area (Å²) in [5.41, 5.74) is 2.98. The molecule has 2 rings (SSSR count). The number of benzene rings is 1. The van der Waals surface area contributed by atoms with Crippen molar-refractivity contribution in [3.63, 3.8) is 0 Å². The SMILES string of the molecule is Cc1cc(O)cc(OCc2ncccc2C)c1. The first-order chi connectivity index (χ1) is 8.15. The summed E-state index contributed by atoms with van der Waals surface area (Å²) in [6.07, 6.45) is 1.75. The van der Waals surface area contributed by atoms with E-state index < -0.39 is 0 Å². The van der Waals surface area contributed by atoms with Crippen LogP contribution in [0, 0.1) is 13.8 Å². The first-order valence-corrected chi connectivity index (χ1v) is 5.49. The van der Waals surface area contributed by atoms with Crippen LogP contribution in [0.2, 0.25) is 0 Å². The van der Waals surface area contributed by atoms with Gasteiger partial charge >= 0.3 is 0 Å². The smallest absolute Gasteiger partial charge is 0.130 e. The van der Waals surface area contributed by atoms with Gasteiger partial charge in [0.05, 0.1) is 5.69 Å². The van der Waals surface area contributed by atoms with E-state index in [1.165, 1.54) is 0 Å². The van der Waals surface area contributed by atoms with Crippen molar-refractivity contribution in [3.8, 4) is 11.5 Å². The van der Waals surface area contributed by atoms with Gasteiger partial charge in [0, 0.05) is 12.3 Å². The Balaban J connectivity index is 2.10. The summed E-state index contributed by atoms with van der Waals surface area (Å²) < 4.78 is 5.61. The molecule has 0 saturated heterocycles. The van der Waals surface area contributed by atoms with E-state index in [1.54, 1.807) is 18.3 Å². The highest BCUT2D eigenvalue weighted by Gasteiger charge is 2.02. The molecule has 0 aliphatic carbocycles. The molecule has 2 aromatic rings. The normalized spacial score (nSPS) is 10.2. The van der Waals surface area contributed by atoms with Crippen LogP contribution in [-0.4, -0.2) is 10.1 Å². The molecule has 1 aromatic carbocycles. The Kier molecular flexibility index (Phi) is 3.28. The zero-order valence-electron chi connectivity index (χ0n) is 9.97. The van der Waals surface area contributed by atoms with Crippen molar-refractivity contribution in [2.75, 3.05) is 0 Å². The number of nitrogens with zero attached hydrogens (tertiary/aromatic N) is 1. The molecule has 1 N–H and O–H groups in total. The third-order valence-corrected chi connectivity index (χ3v) is 2.53. The van der Waals surface area contributed by atoms with E-state index in [0.29, 0.717) is 12.4 Å². The Morgan fingerprint density at radius 3 is 2.76 bits per heavy atom. The van der Waals surface area contributed by atoms with Crippen molar-refractivity contribution >= 4 is 0 Å². The predicted molar refractivity (Wildman–Crippen MR) is 66.1 cm³/mol. The van der Waals surface area contributed by atoms with Gasteiger partial charge in [-0.05, 0) is 43.2 Å². The standard InChI is InChI=1S/C14H15NO2/c1-10-6-12(16)8-13(7-10)17-9-14-11(2)4-3-5-15-14/h3-8,16H,9H2,1-2H3. The van der Waals surface area contributed by atoms with Gasteiger partial charge in [0.1, 0.15) is 18.1 Å². The molecule has 0 aliphatic rings. The van der Waals surface area contributed by atoms with Crippen molar-refractivity contribution in [2.45, 2.75) is 20.5 Å². The van der Waals surface area contributed by atoms with E-state index in [-0.39, 0.29) is 5.75 Å². The lowest BCUT2D eigenvalue weighted by Crippen LogP contribution is -2.00. The Labute approximate surface area is 101 Å². The first kappa shape index (κ1) is 11.5. The lowest BCUT2D eigenvalue weighted by atomic mass is 10.2. The molecular formula is C14H15NO2. The number of ether oxygens (including phenoxy) is 1. The van der Waals surface area contributed by atoms with Crippen LogP contribution in [0.3, 0.4) is 0 Å². The van der Waals surface area contributed by atoms with E-state index in [9.17, 15) is 5.11 Å². The molecule has 3 heteroatoms. The molecule has 1 heterocycles. The highest BCUT2D eigenvalue weighted by Crippen LogP contribution is 2.22. The molecule has 3 nitrogen and oxygen atoms in total. The Morgan fingerprint density at radius 1 is 1.24 bits per heavy atom. The molecule has 0 unspecified atom stereocenters. The molecule has 17 heavy (non-hydrogen) atoms. The Bertz CT molecular complexity index is 503. The van der Waals surface area contributed by atoms with Gasteiger partial charge in [0.2, 0.25) is 0 Å². The molecule has 0 aliphatic heterocycles. The van der Waals surface area contributed by atoms with Crippen LogP contribution in [0.4, 0.5) is 0 Å². The van der Waals surface area contributed by atoms with Gasteiger partial charge in [-0.3, -0.25) is 4.98 Å². The highest BCUT2D eigenvalue weighted by atomic mass is 16.5. The van der Waals surface area contributed by atoms with Gasteiger partial charge in [0.15, 0.2) is 0 Å². The lowest BCUT2D eigenvalue weighted by Gasteiger charge is -2.08. The zero-order chi connectivity index (χ0) is 12.3. The minimum Gasteiger partial charge on any atom is -0.508 e. The molecule has 0 fully saturated rings. The number of aromatic hydroxyl groups is 1. The van der Waals surface area contributed by atoms with Crippen LogP contribution in [0.15, 0.2) is 36.5 Å². The highest BCUT2D eigenvalue weighted by molar-refractivity contribution is 5.37. The average molecular weight is 229 g/mol. The number of aryl methyl sites for hydroxylation is 2. The summed E-state index contributed by atoms with van der Waals surface area (Å²) in [6.45, 7) is 4.33. The fraction of sp³-hybridized carbons (Fsp3) is 0.214. The molecule has 0 saturated carbocycles. The van der Waals surface area contributed by atoms with E-state index in [4.69, 9.17) is 4.74 Å². The largest absolute Gasteiger partial charge is 0.508 e. The van der Waals surface area contributed by atoms with Gasteiger partial charge in [-0.15, -0.1) is 0 Å². The van der Waals surface area contributed by atoms with E-state index >= 15 is 0 Å². The van der Waals surface area contributed by atoms with Crippen molar-refractivity contribution in [1.29, 1.82) is 0 Å². The number of phenolic OH excluding ortho intramolecular Hbond substituents is 1. The molecule has 0 spiro atoms. The van der Waals surface area contributed by atoms with E-state index in [0.717, 1.165) is 16.8 Å². The van der Waals surface area contributed by atoms with Crippen LogP contribution in [0.25, 0.3) is 0 Å². The average Bonchev–Trinajstić information content (AvgIpc) is 2.27. The van der Waals surface area contributed by atoms with Crippen LogP contribution in [-0.2, 0) is 6.61 Å². The zero-order valence-corrected chi connectivity index (χ0v) is 9.97. The summed E-state index contributed by atoms with van der Waals surface area (Å²) in [6, 6.07) is 9.08. The van der Waals surface area contributed by atoms with Crippen LogP contribution < -0.4 is 4.74 Å². The second-order valence-electron chi connectivity index (χ2n) is 4.06. The van der Waals surface area contributed by atoms with Gasteiger partial charge < -0.3 is 9.84 Å². The third kappa shape index (κ3) is 2.97. The number of rotatable bonds is 3. The molecule has 0 bridgehead atoms. The third-order valence-electron chi connectivity index (χ3n) is 2.53. The summed E-state index contributed by atoms with van der Waals surface area (Å²) in [4.78, 5) is 4.25. The topological polar surface area (TPSA) is 42.4 Å². The number of hydrogen-bond donors (Lipinski definition) is 1. The maximum Gasteiger partial charge on any atom is 0.130 e. The summed E-state index contributed by atoms with van der Waals surface area (Å²) >= 11 is 0. The van der Waals surface area contributed by atoms with Crippen LogP contribution in [0.1, 0.15) is 16.8 Å². The van der Waals surface area contributed by atoms with Gasteiger partial charge in [-0.2, -0.15) is 0 Å². The molecule has 0 radical (unpaired) electrons. The van der Waals surface area contributed by atoms with E-state index in [1.807, 2.05) is 32.0 Å². The monoisotopic (exact) mass is 229 g/mol. The second-order valence-corrected chi connectivity index (χ2v) is 4.06. The van der Waals surface area contributed by atoms with Crippen LogP contribution in [0.5, 0.6) is 11.5 Å².